The number of thiophene rings is 1. The van der Waals surface area contributed by atoms with E-state index in [2.05, 4.69) is 0 Å². The summed E-state index contributed by atoms with van der Waals surface area (Å²) in [5.41, 5.74) is 2.04. The van der Waals surface area contributed by atoms with Crippen molar-refractivity contribution in [1.82, 2.24) is 4.57 Å². The van der Waals surface area contributed by atoms with Crippen LogP contribution in [0.4, 0.5) is 0 Å². The number of fused-ring (bicyclic) bond motifs is 1. The fourth-order valence-electron chi connectivity index (χ4n) is 2.30. The van der Waals surface area contributed by atoms with E-state index in [1.165, 1.54) is 11.3 Å². The first-order valence-electron chi connectivity index (χ1n) is 6.55. The molecule has 2 heterocycles. The molecular weight excluding hydrogens is 274 g/mol. The molecular formula is C15H15NO3S. The lowest BCUT2D eigenvalue weighted by Gasteiger charge is -2.08. The predicted octanol–water partition coefficient (Wildman–Crippen LogP) is 3.15. The SMILES string of the molecule is CCCn1c(=O)oc2cc(C(O)c3cccs3)ccc21. The Bertz CT molecular complexity index is 770. The van der Waals surface area contributed by atoms with Crippen LogP contribution in [-0.4, -0.2) is 9.67 Å². The van der Waals surface area contributed by atoms with Crippen molar-refractivity contribution in [2.24, 2.45) is 0 Å². The highest BCUT2D eigenvalue weighted by Crippen LogP contribution is 2.28. The van der Waals surface area contributed by atoms with Gasteiger partial charge in [-0.2, -0.15) is 0 Å². The number of aryl methyl sites for hydroxylation is 1. The van der Waals surface area contributed by atoms with E-state index in [0.717, 1.165) is 22.4 Å². The van der Waals surface area contributed by atoms with E-state index in [1.54, 1.807) is 10.6 Å². The van der Waals surface area contributed by atoms with Crippen LogP contribution in [0.3, 0.4) is 0 Å². The molecule has 0 aliphatic heterocycles. The standard InChI is InChI=1S/C15H15NO3S/c1-2-7-16-11-6-5-10(9-12(11)19-15(16)18)14(17)13-4-3-8-20-13/h3-6,8-9,14,17H,2,7H2,1H3. The fraction of sp³-hybridized carbons (Fsp3) is 0.267. The third-order valence-corrected chi connectivity index (χ3v) is 4.19. The van der Waals surface area contributed by atoms with E-state index in [1.807, 2.05) is 36.6 Å². The number of nitrogens with zero attached hydrogens (tertiary/aromatic N) is 1. The number of aliphatic hydroxyl groups is 1. The zero-order valence-corrected chi connectivity index (χ0v) is 11.9. The molecule has 0 bridgehead atoms. The van der Waals surface area contributed by atoms with Gasteiger partial charge in [-0.15, -0.1) is 11.3 Å². The third kappa shape index (κ3) is 2.19. The smallest absolute Gasteiger partial charge is 0.408 e. The Labute approximate surface area is 119 Å². The van der Waals surface area contributed by atoms with Crippen LogP contribution >= 0.6 is 11.3 Å². The van der Waals surface area contributed by atoms with Gasteiger partial charge in [0.25, 0.3) is 0 Å². The van der Waals surface area contributed by atoms with Crippen LogP contribution in [0, 0.1) is 0 Å². The second-order valence-electron chi connectivity index (χ2n) is 4.66. The molecule has 1 N–H and O–H groups in total. The highest BCUT2D eigenvalue weighted by atomic mass is 32.1. The van der Waals surface area contributed by atoms with Crippen molar-refractivity contribution < 1.29 is 9.52 Å². The molecule has 5 heteroatoms. The van der Waals surface area contributed by atoms with Crippen molar-refractivity contribution in [3.8, 4) is 0 Å². The van der Waals surface area contributed by atoms with Gasteiger partial charge in [0.05, 0.1) is 5.52 Å². The van der Waals surface area contributed by atoms with Crippen molar-refractivity contribution >= 4 is 22.4 Å². The van der Waals surface area contributed by atoms with Crippen LogP contribution in [0.25, 0.3) is 11.1 Å². The van der Waals surface area contributed by atoms with Gasteiger partial charge in [0.15, 0.2) is 5.58 Å². The van der Waals surface area contributed by atoms with Crippen LogP contribution in [0.2, 0.25) is 0 Å². The third-order valence-electron chi connectivity index (χ3n) is 3.27. The monoisotopic (exact) mass is 289 g/mol. The van der Waals surface area contributed by atoms with E-state index in [-0.39, 0.29) is 5.76 Å². The average molecular weight is 289 g/mol. The van der Waals surface area contributed by atoms with Gasteiger partial charge in [0.1, 0.15) is 6.10 Å². The number of benzene rings is 1. The first kappa shape index (κ1) is 13.1. The molecule has 0 saturated carbocycles. The summed E-state index contributed by atoms with van der Waals surface area (Å²) in [5.74, 6) is -0.343. The molecule has 0 fully saturated rings. The molecule has 3 rings (SSSR count). The largest absolute Gasteiger partial charge is 0.419 e. The molecule has 0 aliphatic rings. The molecule has 1 atom stereocenters. The number of aliphatic hydroxyl groups excluding tert-OH is 1. The van der Waals surface area contributed by atoms with Crippen LogP contribution in [0.1, 0.15) is 29.9 Å². The van der Waals surface area contributed by atoms with Crippen LogP contribution in [0.5, 0.6) is 0 Å². The van der Waals surface area contributed by atoms with Gasteiger partial charge in [-0.05, 0) is 35.6 Å². The molecule has 4 nitrogen and oxygen atoms in total. The summed E-state index contributed by atoms with van der Waals surface area (Å²) in [6, 6.07) is 9.21. The Morgan fingerprint density at radius 3 is 2.95 bits per heavy atom. The van der Waals surface area contributed by atoms with E-state index in [9.17, 15) is 9.90 Å². The molecule has 2 aromatic heterocycles. The van der Waals surface area contributed by atoms with Crippen molar-refractivity contribution in [3.05, 3.63) is 56.7 Å². The Hall–Kier alpha value is -1.85. The molecule has 0 saturated heterocycles. The van der Waals surface area contributed by atoms with E-state index >= 15 is 0 Å². The van der Waals surface area contributed by atoms with Crippen LogP contribution in [0.15, 0.2) is 44.9 Å². The number of rotatable bonds is 4. The van der Waals surface area contributed by atoms with Crippen LogP contribution < -0.4 is 5.76 Å². The summed E-state index contributed by atoms with van der Waals surface area (Å²) in [6.45, 7) is 2.65. The van der Waals surface area contributed by atoms with Crippen LogP contribution in [-0.2, 0) is 6.54 Å². The molecule has 1 unspecified atom stereocenters. The highest BCUT2D eigenvalue weighted by molar-refractivity contribution is 7.10. The molecule has 0 radical (unpaired) electrons. The van der Waals surface area contributed by atoms with Crippen molar-refractivity contribution in [1.29, 1.82) is 0 Å². The summed E-state index contributed by atoms with van der Waals surface area (Å²) in [6.07, 6.45) is 0.188. The van der Waals surface area contributed by atoms with Gasteiger partial charge in [-0.25, -0.2) is 4.79 Å². The van der Waals surface area contributed by atoms with Gasteiger partial charge in [0.2, 0.25) is 0 Å². The van der Waals surface area contributed by atoms with E-state index in [0.29, 0.717) is 12.1 Å². The Morgan fingerprint density at radius 2 is 2.25 bits per heavy atom. The van der Waals surface area contributed by atoms with Gasteiger partial charge in [0, 0.05) is 11.4 Å². The zero-order valence-electron chi connectivity index (χ0n) is 11.1. The number of hydrogen-bond donors (Lipinski definition) is 1. The number of aromatic nitrogens is 1. The normalized spacial score (nSPS) is 12.9. The Kier molecular flexibility index (Phi) is 3.46. The van der Waals surface area contributed by atoms with Crippen molar-refractivity contribution in [3.63, 3.8) is 0 Å². The lowest BCUT2D eigenvalue weighted by Crippen LogP contribution is -2.13. The minimum atomic E-state index is -0.681. The maximum absolute atomic E-state index is 11.8. The minimum absolute atomic E-state index is 0.343. The van der Waals surface area contributed by atoms with Gasteiger partial charge in [-0.1, -0.05) is 19.1 Å². The number of oxazole rings is 1. The topological polar surface area (TPSA) is 55.4 Å². The van der Waals surface area contributed by atoms with Gasteiger partial charge < -0.3 is 9.52 Å². The summed E-state index contributed by atoms with van der Waals surface area (Å²) in [4.78, 5) is 12.6. The van der Waals surface area contributed by atoms with E-state index < -0.39 is 6.10 Å². The fourth-order valence-corrected chi connectivity index (χ4v) is 3.04. The minimum Gasteiger partial charge on any atom is -0.408 e. The van der Waals surface area contributed by atoms with Crippen molar-refractivity contribution in [2.75, 3.05) is 0 Å². The summed E-state index contributed by atoms with van der Waals surface area (Å²) < 4.78 is 6.88. The first-order valence-corrected chi connectivity index (χ1v) is 7.43. The summed E-state index contributed by atoms with van der Waals surface area (Å²) >= 11 is 1.50. The molecule has 104 valence electrons. The number of hydrogen-bond acceptors (Lipinski definition) is 4. The maximum atomic E-state index is 11.8. The van der Waals surface area contributed by atoms with Gasteiger partial charge >= 0.3 is 5.76 Å². The molecule has 0 aliphatic carbocycles. The Morgan fingerprint density at radius 1 is 1.40 bits per heavy atom. The average Bonchev–Trinajstić information content (AvgIpc) is 3.07. The predicted molar refractivity (Wildman–Crippen MR) is 79.1 cm³/mol. The Balaban J connectivity index is 2.06. The lowest BCUT2D eigenvalue weighted by molar-refractivity contribution is 0.224. The summed E-state index contributed by atoms with van der Waals surface area (Å²) in [7, 11) is 0. The molecule has 0 amide bonds. The van der Waals surface area contributed by atoms with Gasteiger partial charge in [-0.3, -0.25) is 4.57 Å². The lowest BCUT2D eigenvalue weighted by atomic mass is 10.1. The summed E-state index contributed by atoms with van der Waals surface area (Å²) in [5, 5.41) is 12.2. The zero-order chi connectivity index (χ0) is 14.1. The molecule has 20 heavy (non-hydrogen) atoms. The van der Waals surface area contributed by atoms with Crippen molar-refractivity contribution in [2.45, 2.75) is 26.0 Å². The molecule has 3 aromatic rings. The first-order chi connectivity index (χ1) is 9.70. The second-order valence-corrected chi connectivity index (χ2v) is 5.64. The highest BCUT2D eigenvalue weighted by Gasteiger charge is 2.15. The molecule has 1 aromatic carbocycles. The van der Waals surface area contributed by atoms with E-state index in [4.69, 9.17) is 4.42 Å². The quantitative estimate of drug-likeness (QED) is 0.802. The molecule has 0 spiro atoms. The second kappa shape index (κ2) is 5.26. The maximum Gasteiger partial charge on any atom is 0.419 e.